The Hall–Kier alpha value is -1.92. The molecule has 2 saturated carbocycles. The van der Waals surface area contributed by atoms with Crippen molar-refractivity contribution in [2.45, 2.75) is 37.3 Å². The molecule has 0 radical (unpaired) electrons. The van der Waals surface area contributed by atoms with Crippen LogP contribution in [0, 0.1) is 0 Å². The number of ether oxygens (including phenoxy) is 1. The number of rotatable bonds is 6. The van der Waals surface area contributed by atoms with Crippen LogP contribution in [0.4, 0.5) is 5.69 Å². The number of hydrogen-bond donors (Lipinski definition) is 1. The molecule has 1 aromatic carbocycles. The average Bonchev–Trinajstić information content (AvgIpc) is 3.52. The van der Waals surface area contributed by atoms with Crippen LogP contribution in [0.2, 0.25) is 0 Å². The molecule has 3 fully saturated rings. The normalized spacial score (nSPS) is 23.1. The van der Waals surface area contributed by atoms with Crippen molar-refractivity contribution in [2.75, 3.05) is 38.5 Å². The fourth-order valence-electron chi connectivity index (χ4n) is 3.47. The molecule has 0 unspecified atom stereocenters. The average molecular weight is 343 g/mol. The van der Waals surface area contributed by atoms with Gasteiger partial charge in [0.25, 0.3) is 0 Å². The van der Waals surface area contributed by atoms with Crippen molar-refractivity contribution < 1.29 is 14.3 Å². The van der Waals surface area contributed by atoms with Crippen LogP contribution in [-0.2, 0) is 4.79 Å². The maximum absolute atomic E-state index is 13.0. The number of aldehydes is 1. The first-order valence-electron chi connectivity index (χ1n) is 9.12. The Bertz CT molecular complexity index is 674. The van der Waals surface area contributed by atoms with Crippen molar-refractivity contribution in [1.29, 1.82) is 0 Å². The maximum Gasteiger partial charge on any atom is 0.245 e. The fraction of sp³-hybridized carbons (Fsp3) is 0.579. The van der Waals surface area contributed by atoms with E-state index in [9.17, 15) is 9.59 Å². The number of carbonyl (C=O) groups excluding carboxylic acids is 2. The molecule has 1 aromatic rings. The Morgan fingerprint density at radius 1 is 1.24 bits per heavy atom. The molecule has 134 valence electrons. The van der Waals surface area contributed by atoms with Gasteiger partial charge in [-0.2, -0.15) is 0 Å². The predicted molar refractivity (Wildman–Crippen MR) is 95.1 cm³/mol. The van der Waals surface area contributed by atoms with Gasteiger partial charge in [0.05, 0.1) is 11.8 Å². The molecule has 1 N–H and O–H groups in total. The van der Waals surface area contributed by atoms with Gasteiger partial charge >= 0.3 is 0 Å². The first-order valence-corrected chi connectivity index (χ1v) is 9.12. The summed E-state index contributed by atoms with van der Waals surface area (Å²) in [6, 6.07) is 5.23. The van der Waals surface area contributed by atoms with E-state index in [4.69, 9.17) is 4.74 Å². The number of hydrogen-bond acceptors (Lipinski definition) is 5. The van der Waals surface area contributed by atoms with Crippen LogP contribution in [0.3, 0.4) is 0 Å². The minimum atomic E-state index is -0.380. The standard InChI is InChI=1S/C19H25N3O3/c1-21-8-10-22(11-9-21)19(6-7-19)18(24)20-16-12-14(13-23)2-5-17(16)25-15-3-4-15/h2,5,12-13,15H,3-4,6-11H2,1H3,(H,20,24). The molecule has 25 heavy (non-hydrogen) atoms. The van der Waals surface area contributed by atoms with Gasteiger partial charge in [-0.15, -0.1) is 0 Å². The molecule has 4 rings (SSSR count). The number of piperazine rings is 1. The largest absolute Gasteiger partial charge is 0.488 e. The zero-order chi connectivity index (χ0) is 17.4. The van der Waals surface area contributed by atoms with Crippen LogP contribution in [0.25, 0.3) is 0 Å². The smallest absolute Gasteiger partial charge is 0.245 e. The number of amides is 1. The molecule has 0 spiro atoms. The highest BCUT2D eigenvalue weighted by molar-refractivity contribution is 6.01. The minimum absolute atomic E-state index is 0.0285. The monoisotopic (exact) mass is 343 g/mol. The number of nitrogens with zero attached hydrogens (tertiary/aromatic N) is 2. The molecular formula is C19H25N3O3. The van der Waals surface area contributed by atoms with Crippen LogP contribution in [0.15, 0.2) is 18.2 Å². The lowest BCUT2D eigenvalue weighted by Crippen LogP contribution is -2.54. The first kappa shape index (κ1) is 16.5. The third-order valence-corrected chi connectivity index (χ3v) is 5.46. The highest BCUT2D eigenvalue weighted by Crippen LogP contribution is 2.44. The van der Waals surface area contributed by atoms with E-state index in [0.717, 1.165) is 58.1 Å². The Morgan fingerprint density at radius 2 is 1.96 bits per heavy atom. The summed E-state index contributed by atoms with van der Waals surface area (Å²) in [6.07, 6.45) is 4.93. The molecule has 2 aliphatic carbocycles. The Balaban J connectivity index is 1.50. The van der Waals surface area contributed by atoms with Crippen molar-refractivity contribution in [3.05, 3.63) is 23.8 Å². The molecule has 6 heteroatoms. The SMILES string of the molecule is CN1CCN(C2(C(=O)Nc3cc(C=O)ccc3OC3CC3)CC2)CC1. The third kappa shape index (κ3) is 3.41. The van der Waals surface area contributed by atoms with Crippen LogP contribution in [0.5, 0.6) is 5.75 Å². The zero-order valence-corrected chi connectivity index (χ0v) is 14.7. The summed E-state index contributed by atoms with van der Waals surface area (Å²) in [5.74, 6) is 0.691. The van der Waals surface area contributed by atoms with Crippen molar-refractivity contribution in [3.63, 3.8) is 0 Å². The summed E-state index contributed by atoms with van der Waals surface area (Å²) in [7, 11) is 2.11. The number of likely N-dealkylation sites (N-methyl/N-ethyl adjacent to an activating group) is 1. The highest BCUT2D eigenvalue weighted by Gasteiger charge is 2.54. The molecule has 0 bridgehead atoms. The Morgan fingerprint density at radius 3 is 2.56 bits per heavy atom. The molecule has 3 aliphatic rings. The van der Waals surface area contributed by atoms with E-state index >= 15 is 0 Å². The summed E-state index contributed by atoms with van der Waals surface area (Å²) >= 11 is 0. The van der Waals surface area contributed by atoms with Gasteiger partial charge in [0.1, 0.15) is 17.6 Å². The summed E-state index contributed by atoms with van der Waals surface area (Å²) < 4.78 is 5.90. The lowest BCUT2D eigenvalue weighted by Gasteiger charge is -2.37. The van der Waals surface area contributed by atoms with E-state index in [0.29, 0.717) is 17.0 Å². The molecule has 1 amide bonds. The van der Waals surface area contributed by atoms with Crippen molar-refractivity contribution in [2.24, 2.45) is 0 Å². The number of carbonyl (C=O) groups is 2. The molecule has 6 nitrogen and oxygen atoms in total. The topological polar surface area (TPSA) is 61.9 Å². The van der Waals surface area contributed by atoms with Crippen LogP contribution < -0.4 is 10.1 Å². The van der Waals surface area contributed by atoms with Crippen LogP contribution in [0.1, 0.15) is 36.0 Å². The minimum Gasteiger partial charge on any atom is -0.488 e. The quantitative estimate of drug-likeness (QED) is 0.798. The van der Waals surface area contributed by atoms with Gasteiger partial charge < -0.3 is 15.0 Å². The summed E-state index contributed by atoms with van der Waals surface area (Å²) in [5.41, 5.74) is 0.778. The van der Waals surface area contributed by atoms with Gasteiger partial charge in [0.15, 0.2) is 0 Å². The summed E-state index contributed by atoms with van der Waals surface area (Å²) in [5, 5.41) is 3.05. The van der Waals surface area contributed by atoms with Crippen molar-refractivity contribution in [1.82, 2.24) is 9.80 Å². The molecule has 1 heterocycles. The molecular weight excluding hydrogens is 318 g/mol. The van der Waals surface area contributed by atoms with E-state index in [1.54, 1.807) is 18.2 Å². The Kier molecular flexibility index (Phi) is 4.25. The summed E-state index contributed by atoms with van der Waals surface area (Å²) in [6.45, 7) is 3.82. The van der Waals surface area contributed by atoms with Gasteiger partial charge in [-0.25, -0.2) is 0 Å². The van der Waals surface area contributed by atoms with Gasteiger partial charge in [0.2, 0.25) is 5.91 Å². The van der Waals surface area contributed by atoms with E-state index in [2.05, 4.69) is 22.2 Å². The van der Waals surface area contributed by atoms with E-state index in [1.165, 1.54) is 0 Å². The van der Waals surface area contributed by atoms with E-state index < -0.39 is 0 Å². The Labute approximate surface area is 148 Å². The fourth-order valence-corrected chi connectivity index (χ4v) is 3.47. The van der Waals surface area contributed by atoms with Crippen molar-refractivity contribution >= 4 is 17.9 Å². The van der Waals surface area contributed by atoms with Crippen molar-refractivity contribution in [3.8, 4) is 5.75 Å². The predicted octanol–water partition coefficient (Wildman–Crippen LogP) is 1.76. The summed E-state index contributed by atoms with van der Waals surface area (Å²) in [4.78, 5) is 28.7. The molecule has 0 aromatic heterocycles. The second-order valence-corrected chi connectivity index (χ2v) is 7.47. The zero-order valence-electron chi connectivity index (χ0n) is 14.7. The maximum atomic E-state index is 13.0. The third-order valence-electron chi connectivity index (χ3n) is 5.46. The number of benzene rings is 1. The van der Waals surface area contributed by atoms with Gasteiger partial charge in [-0.3, -0.25) is 14.5 Å². The van der Waals surface area contributed by atoms with E-state index in [1.807, 2.05) is 0 Å². The van der Waals surface area contributed by atoms with Crippen LogP contribution in [-0.4, -0.2) is 66.9 Å². The lowest BCUT2D eigenvalue weighted by molar-refractivity contribution is -0.123. The van der Waals surface area contributed by atoms with E-state index in [-0.39, 0.29) is 17.6 Å². The lowest BCUT2D eigenvalue weighted by atomic mass is 10.1. The highest BCUT2D eigenvalue weighted by atomic mass is 16.5. The van der Waals surface area contributed by atoms with Gasteiger partial charge in [-0.05, 0) is 50.9 Å². The molecule has 1 aliphatic heterocycles. The first-order chi connectivity index (χ1) is 12.1. The number of anilines is 1. The second-order valence-electron chi connectivity index (χ2n) is 7.47. The number of nitrogens with one attached hydrogen (secondary N) is 1. The van der Waals surface area contributed by atoms with Gasteiger partial charge in [0, 0.05) is 31.7 Å². The van der Waals surface area contributed by atoms with Crippen LogP contribution >= 0.6 is 0 Å². The molecule has 0 atom stereocenters. The van der Waals surface area contributed by atoms with Gasteiger partial charge in [-0.1, -0.05) is 0 Å². The molecule has 1 saturated heterocycles. The second kappa shape index (κ2) is 6.42.